The minimum absolute atomic E-state index is 0.146. The minimum atomic E-state index is -0.354. The quantitative estimate of drug-likeness (QED) is 0.646. The van der Waals surface area contributed by atoms with Crippen molar-refractivity contribution >= 4 is 11.4 Å². The Morgan fingerprint density at radius 3 is 2.67 bits per heavy atom. The Hall–Kier alpha value is -2.56. The molecule has 0 fully saturated rings. The lowest BCUT2D eigenvalue weighted by Crippen LogP contribution is -2.05. The van der Waals surface area contributed by atoms with Gasteiger partial charge in [-0.1, -0.05) is 24.3 Å². The normalized spacial score (nSPS) is 10.2. The first kappa shape index (κ1) is 14.8. The molecule has 0 heterocycles. The van der Waals surface area contributed by atoms with E-state index < -0.39 is 0 Å². The van der Waals surface area contributed by atoms with Gasteiger partial charge in [-0.2, -0.15) is 0 Å². The van der Waals surface area contributed by atoms with Crippen LogP contribution in [0.2, 0.25) is 0 Å². The van der Waals surface area contributed by atoms with E-state index >= 15 is 0 Å². The van der Waals surface area contributed by atoms with Crippen LogP contribution in [0.3, 0.4) is 0 Å². The molecule has 2 aromatic carbocycles. The zero-order valence-corrected chi connectivity index (χ0v) is 12.1. The van der Waals surface area contributed by atoms with Crippen LogP contribution in [0.15, 0.2) is 42.5 Å². The number of nitro groups is 1. The van der Waals surface area contributed by atoms with Crippen molar-refractivity contribution in [1.82, 2.24) is 0 Å². The van der Waals surface area contributed by atoms with Crippen LogP contribution in [-0.4, -0.2) is 11.5 Å². The smallest absolute Gasteiger partial charge is 0.272 e. The topological polar surface area (TPSA) is 64.4 Å². The first-order chi connectivity index (χ1) is 10.1. The van der Waals surface area contributed by atoms with Crippen LogP contribution in [-0.2, 0) is 6.54 Å². The fourth-order valence-electron chi connectivity index (χ4n) is 2.14. The van der Waals surface area contributed by atoms with E-state index in [2.05, 4.69) is 5.32 Å². The second-order valence-electron chi connectivity index (χ2n) is 4.60. The van der Waals surface area contributed by atoms with Crippen molar-refractivity contribution in [3.8, 4) is 5.75 Å². The summed E-state index contributed by atoms with van der Waals surface area (Å²) >= 11 is 0. The highest BCUT2D eigenvalue weighted by Crippen LogP contribution is 2.26. The van der Waals surface area contributed by atoms with E-state index in [9.17, 15) is 10.1 Å². The van der Waals surface area contributed by atoms with Gasteiger partial charge in [0.1, 0.15) is 5.75 Å². The predicted molar refractivity (Wildman–Crippen MR) is 82.8 cm³/mol. The largest absolute Gasteiger partial charge is 0.492 e. The summed E-state index contributed by atoms with van der Waals surface area (Å²) in [5.41, 5.74) is 2.61. The first-order valence-electron chi connectivity index (χ1n) is 6.82. The number of benzene rings is 2. The summed E-state index contributed by atoms with van der Waals surface area (Å²) in [4.78, 5) is 10.6. The van der Waals surface area contributed by atoms with E-state index in [4.69, 9.17) is 4.74 Å². The summed E-state index contributed by atoms with van der Waals surface area (Å²) in [6.45, 7) is 4.80. The Balaban J connectivity index is 2.17. The molecule has 0 aliphatic heterocycles. The molecule has 5 heteroatoms. The van der Waals surface area contributed by atoms with Crippen molar-refractivity contribution in [2.45, 2.75) is 20.4 Å². The van der Waals surface area contributed by atoms with Crippen molar-refractivity contribution in [3.05, 3.63) is 63.7 Å². The molecule has 0 saturated carbocycles. The van der Waals surface area contributed by atoms with E-state index in [0.717, 1.165) is 17.0 Å². The second kappa shape index (κ2) is 6.74. The molecule has 0 aromatic heterocycles. The summed E-state index contributed by atoms with van der Waals surface area (Å²) in [5, 5.41) is 14.2. The van der Waals surface area contributed by atoms with E-state index in [1.165, 1.54) is 6.07 Å². The molecule has 0 aliphatic carbocycles. The van der Waals surface area contributed by atoms with Gasteiger partial charge in [-0.25, -0.2) is 0 Å². The molecule has 2 aromatic rings. The average Bonchev–Trinajstić information content (AvgIpc) is 2.47. The summed E-state index contributed by atoms with van der Waals surface area (Å²) < 4.78 is 5.55. The summed E-state index contributed by atoms with van der Waals surface area (Å²) in [5.74, 6) is 0.781. The number of rotatable bonds is 6. The first-order valence-corrected chi connectivity index (χ1v) is 6.82. The van der Waals surface area contributed by atoms with Crippen molar-refractivity contribution in [1.29, 1.82) is 0 Å². The van der Waals surface area contributed by atoms with Gasteiger partial charge in [0.25, 0.3) is 5.69 Å². The standard InChI is InChI=1S/C16H18N2O3/c1-3-21-16-10-5-4-8-14(16)17-11-13-7-6-9-15(12(13)2)18(19)20/h4-10,17H,3,11H2,1-2H3. The Bertz CT molecular complexity index is 641. The fraction of sp³-hybridized carbons (Fsp3) is 0.250. The van der Waals surface area contributed by atoms with Gasteiger partial charge in [0.05, 0.1) is 17.2 Å². The molecule has 2 rings (SSSR count). The fourth-order valence-corrected chi connectivity index (χ4v) is 2.14. The van der Waals surface area contributed by atoms with E-state index in [1.807, 2.05) is 37.3 Å². The molecule has 0 bridgehead atoms. The molecule has 0 unspecified atom stereocenters. The van der Waals surface area contributed by atoms with Gasteiger partial charge in [-0.05, 0) is 31.5 Å². The number of nitrogens with zero attached hydrogens (tertiary/aromatic N) is 1. The molecule has 0 amide bonds. The lowest BCUT2D eigenvalue weighted by atomic mass is 10.1. The lowest BCUT2D eigenvalue weighted by molar-refractivity contribution is -0.385. The second-order valence-corrected chi connectivity index (χ2v) is 4.60. The third-order valence-electron chi connectivity index (χ3n) is 3.27. The van der Waals surface area contributed by atoms with E-state index in [1.54, 1.807) is 13.0 Å². The number of para-hydroxylation sites is 2. The Morgan fingerprint density at radius 2 is 1.95 bits per heavy atom. The molecule has 0 saturated heterocycles. The highest BCUT2D eigenvalue weighted by atomic mass is 16.6. The third kappa shape index (κ3) is 3.51. The third-order valence-corrected chi connectivity index (χ3v) is 3.27. The lowest BCUT2D eigenvalue weighted by Gasteiger charge is -2.13. The molecule has 21 heavy (non-hydrogen) atoms. The van der Waals surface area contributed by atoms with Gasteiger partial charge in [0.2, 0.25) is 0 Å². The number of ether oxygens (including phenoxy) is 1. The molecule has 1 N–H and O–H groups in total. The van der Waals surface area contributed by atoms with Crippen LogP contribution >= 0.6 is 0 Å². The highest BCUT2D eigenvalue weighted by molar-refractivity contribution is 5.57. The summed E-state index contributed by atoms with van der Waals surface area (Å²) in [7, 11) is 0. The van der Waals surface area contributed by atoms with Crippen LogP contribution in [0.5, 0.6) is 5.75 Å². The van der Waals surface area contributed by atoms with E-state index in [0.29, 0.717) is 18.7 Å². The van der Waals surface area contributed by atoms with Gasteiger partial charge in [-0.15, -0.1) is 0 Å². The number of hydrogen-bond acceptors (Lipinski definition) is 4. The number of nitrogens with one attached hydrogen (secondary N) is 1. The number of hydrogen-bond donors (Lipinski definition) is 1. The maximum atomic E-state index is 11.0. The minimum Gasteiger partial charge on any atom is -0.492 e. The molecule has 0 aliphatic rings. The van der Waals surface area contributed by atoms with Crippen LogP contribution < -0.4 is 10.1 Å². The summed E-state index contributed by atoms with van der Waals surface area (Å²) in [6, 6.07) is 12.8. The monoisotopic (exact) mass is 286 g/mol. The zero-order chi connectivity index (χ0) is 15.2. The number of nitro benzene ring substituents is 1. The van der Waals surface area contributed by atoms with Crippen molar-refractivity contribution in [2.24, 2.45) is 0 Å². The van der Waals surface area contributed by atoms with Gasteiger partial charge in [-0.3, -0.25) is 10.1 Å². The van der Waals surface area contributed by atoms with Crippen LogP contribution in [0.1, 0.15) is 18.1 Å². The molecular formula is C16H18N2O3. The van der Waals surface area contributed by atoms with E-state index in [-0.39, 0.29) is 10.6 Å². The van der Waals surface area contributed by atoms with Crippen LogP contribution in [0.25, 0.3) is 0 Å². The predicted octanol–water partition coefficient (Wildman–Crippen LogP) is 3.91. The molecular weight excluding hydrogens is 268 g/mol. The highest BCUT2D eigenvalue weighted by Gasteiger charge is 2.13. The molecule has 5 nitrogen and oxygen atoms in total. The van der Waals surface area contributed by atoms with Gasteiger partial charge in [0, 0.05) is 18.2 Å². The van der Waals surface area contributed by atoms with Gasteiger partial charge < -0.3 is 10.1 Å². The Morgan fingerprint density at radius 1 is 1.19 bits per heavy atom. The SMILES string of the molecule is CCOc1ccccc1NCc1cccc([N+](=O)[O-])c1C. The van der Waals surface area contributed by atoms with Crippen molar-refractivity contribution in [2.75, 3.05) is 11.9 Å². The van der Waals surface area contributed by atoms with Crippen LogP contribution in [0.4, 0.5) is 11.4 Å². The molecule has 0 atom stereocenters. The maximum absolute atomic E-state index is 11.0. The van der Waals surface area contributed by atoms with Crippen molar-refractivity contribution in [3.63, 3.8) is 0 Å². The maximum Gasteiger partial charge on any atom is 0.272 e. The van der Waals surface area contributed by atoms with Crippen LogP contribution in [0, 0.1) is 17.0 Å². The molecule has 0 spiro atoms. The number of anilines is 1. The van der Waals surface area contributed by atoms with Gasteiger partial charge >= 0.3 is 0 Å². The van der Waals surface area contributed by atoms with Crippen molar-refractivity contribution < 1.29 is 9.66 Å². The van der Waals surface area contributed by atoms with Gasteiger partial charge in [0.15, 0.2) is 0 Å². The molecule has 110 valence electrons. The molecule has 0 radical (unpaired) electrons. The zero-order valence-electron chi connectivity index (χ0n) is 12.1. The Labute approximate surface area is 123 Å². The summed E-state index contributed by atoms with van der Waals surface area (Å²) in [6.07, 6.45) is 0. The average molecular weight is 286 g/mol. The Kier molecular flexibility index (Phi) is 4.77.